The lowest BCUT2D eigenvalue weighted by molar-refractivity contribution is 0.208. The molecule has 4 N–H and O–H groups in total. The van der Waals surface area contributed by atoms with E-state index < -0.39 is 6.10 Å². The Labute approximate surface area is 70.6 Å². The van der Waals surface area contributed by atoms with Crippen LogP contribution in [0.1, 0.15) is 6.92 Å². The number of aromatic nitrogens is 2. The number of nitrogen functional groups attached to an aromatic ring is 1. The molecule has 1 atom stereocenters. The Hall–Kier alpha value is -1.36. The minimum atomic E-state index is -0.425. The van der Waals surface area contributed by atoms with E-state index in [1.165, 1.54) is 6.20 Å². The number of aliphatic hydroxyl groups is 1. The third-order valence-electron chi connectivity index (χ3n) is 1.29. The van der Waals surface area contributed by atoms with Crippen LogP contribution in [0, 0.1) is 0 Å². The largest absolute Gasteiger partial charge is 0.392 e. The van der Waals surface area contributed by atoms with Crippen LogP contribution in [0.15, 0.2) is 12.4 Å². The van der Waals surface area contributed by atoms with Gasteiger partial charge >= 0.3 is 0 Å². The maximum atomic E-state index is 8.95. The first-order chi connectivity index (χ1) is 5.70. The van der Waals surface area contributed by atoms with Gasteiger partial charge in [-0.25, -0.2) is 9.97 Å². The molecule has 0 fully saturated rings. The molecule has 0 bridgehead atoms. The zero-order valence-electron chi connectivity index (χ0n) is 6.86. The molecule has 5 heteroatoms. The van der Waals surface area contributed by atoms with E-state index in [-0.39, 0.29) is 0 Å². The van der Waals surface area contributed by atoms with Crippen LogP contribution in [0.2, 0.25) is 0 Å². The smallest absolute Gasteiger partial charge is 0.169 e. The summed E-state index contributed by atoms with van der Waals surface area (Å²) in [5.74, 6) is 0.858. The van der Waals surface area contributed by atoms with Gasteiger partial charge in [-0.2, -0.15) is 0 Å². The molecule has 0 spiro atoms. The molecule has 1 heterocycles. The number of rotatable bonds is 3. The molecule has 1 aromatic rings. The van der Waals surface area contributed by atoms with Gasteiger partial charge in [-0.1, -0.05) is 0 Å². The topological polar surface area (TPSA) is 84.1 Å². The second-order valence-electron chi connectivity index (χ2n) is 2.52. The summed E-state index contributed by atoms with van der Waals surface area (Å²) in [5, 5.41) is 11.8. The molecule has 0 aliphatic carbocycles. The number of nitrogens with two attached hydrogens (primary N) is 1. The van der Waals surface area contributed by atoms with Crippen LogP contribution in [-0.4, -0.2) is 27.7 Å². The summed E-state index contributed by atoms with van der Waals surface area (Å²) in [5.41, 5.74) is 5.49. The van der Waals surface area contributed by atoms with Crippen molar-refractivity contribution in [1.29, 1.82) is 0 Å². The van der Waals surface area contributed by atoms with Gasteiger partial charge in [0, 0.05) is 18.9 Å². The molecule has 0 aromatic carbocycles. The highest BCUT2D eigenvalue weighted by Gasteiger charge is 2.00. The number of nitrogens with zero attached hydrogens (tertiary/aromatic N) is 2. The van der Waals surface area contributed by atoms with E-state index in [0.717, 1.165) is 0 Å². The van der Waals surface area contributed by atoms with Gasteiger partial charge < -0.3 is 16.2 Å². The Morgan fingerprint density at radius 1 is 1.58 bits per heavy atom. The van der Waals surface area contributed by atoms with Gasteiger partial charge in [0.2, 0.25) is 0 Å². The van der Waals surface area contributed by atoms with Crippen molar-refractivity contribution in [3.63, 3.8) is 0 Å². The zero-order valence-corrected chi connectivity index (χ0v) is 6.86. The van der Waals surface area contributed by atoms with Gasteiger partial charge in [0.1, 0.15) is 0 Å². The predicted molar refractivity (Wildman–Crippen MR) is 46.6 cm³/mol. The van der Waals surface area contributed by atoms with Crippen LogP contribution in [0.4, 0.5) is 11.6 Å². The van der Waals surface area contributed by atoms with Crippen molar-refractivity contribution in [2.75, 3.05) is 17.6 Å². The molecule has 12 heavy (non-hydrogen) atoms. The maximum Gasteiger partial charge on any atom is 0.169 e. The highest BCUT2D eigenvalue weighted by molar-refractivity contribution is 5.54. The summed E-state index contributed by atoms with van der Waals surface area (Å²) in [6.07, 6.45) is 2.63. The van der Waals surface area contributed by atoms with Gasteiger partial charge in [0.25, 0.3) is 0 Å². The lowest BCUT2D eigenvalue weighted by Gasteiger charge is -2.07. The molecule has 0 saturated heterocycles. The maximum absolute atomic E-state index is 8.95. The molecular weight excluding hydrogens is 156 g/mol. The van der Waals surface area contributed by atoms with Gasteiger partial charge in [-0.15, -0.1) is 0 Å². The molecule has 0 radical (unpaired) electrons. The minimum Gasteiger partial charge on any atom is -0.392 e. The van der Waals surface area contributed by atoms with E-state index in [1.807, 2.05) is 0 Å². The molecule has 0 amide bonds. The quantitative estimate of drug-likeness (QED) is 0.584. The standard InChI is InChI=1S/C7H12N4O/c1-5(12)4-11-7-6(8)9-2-3-10-7/h2-3,5,12H,4H2,1H3,(H2,8,9)(H,10,11). The van der Waals surface area contributed by atoms with E-state index >= 15 is 0 Å². The summed E-state index contributed by atoms with van der Waals surface area (Å²) in [4.78, 5) is 7.77. The van der Waals surface area contributed by atoms with Crippen molar-refractivity contribution in [2.24, 2.45) is 0 Å². The summed E-state index contributed by atoms with van der Waals surface area (Å²) >= 11 is 0. The first kappa shape index (κ1) is 8.73. The van der Waals surface area contributed by atoms with Gasteiger partial charge in [-0.05, 0) is 6.92 Å². The Bertz CT molecular complexity index is 251. The molecule has 0 aliphatic rings. The van der Waals surface area contributed by atoms with Crippen molar-refractivity contribution in [2.45, 2.75) is 13.0 Å². The molecule has 1 aromatic heterocycles. The second kappa shape index (κ2) is 3.87. The zero-order chi connectivity index (χ0) is 8.97. The minimum absolute atomic E-state index is 0.346. The average molecular weight is 168 g/mol. The van der Waals surface area contributed by atoms with Crippen molar-refractivity contribution >= 4 is 11.6 Å². The van der Waals surface area contributed by atoms with Gasteiger partial charge in [-0.3, -0.25) is 0 Å². The Balaban J connectivity index is 2.57. The summed E-state index contributed by atoms with van der Waals surface area (Å²) in [6, 6.07) is 0. The first-order valence-electron chi connectivity index (χ1n) is 3.68. The Morgan fingerprint density at radius 3 is 2.83 bits per heavy atom. The van der Waals surface area contributed by atoms with E-state index in [4.69, 9.17) is 10.8 Å². The molecular formula is C7H12N4O. The SMILES string of the molecule is CC(O)CNc1nccnc1N. The van der Waals surface area contributed by atoms with Crippen LogP contribution >= 0.6 is 0 Å². The highest BCUT2D eigenvalue weighted by atomic mass is 16.3. The molecule has 0 aliphatic heterocycles. The van der Waals surface area contributed by atoms with Crippen LogP contribution in [-0.2, 0) is 0 Å². The lowest BCUT2D eigenvalue weighted by atomic mass is 10.4. The Kier molecular flexibility index (Phi) is 2.82. The van der Waals surface area contributed by atoms with Crippen LogP contribution in [0.3, 0.4) is 0 Å². The predicted octanol–water partition coefficient (Wildman–Crippen LogP) is -0.149. The fraction of sp³-hybridized carbons (Fsp3) is 0.429. The third kappa shape index (κ3) is 2.35. The summed E-state index contributed by atoms with van der Waals surface area (Å²) < 4.78 is 0. The normalized spacial score (nSPS) is 12.5. The highest BCUT2D eigenvalue weighted by Crippen LogP contribution is 2.08. The number of nitrogens with one attached hydrogen (secondary N) is 1. The number of hydrogen-bond acceptors (Lipinski definition) is 5. The number of anilines is 2. The van der Waals surface area contributed by atoms with Gasteiger partial charge in [0.05, 0.1) is 6.10 Å². The van der Waals surface area contributed by atoms with Crippen molar-refractivity contribution in [1.82, 2.24) is 9.97 Å². The first-order valence-corrected chi connectivity index (χ1v) is 3.68. The molecule has 1 unspecified atom stereocenters. The van der Waals surface area contributed by atoms with E-state index in [9.17, 15) is 0 Å². The van der Waals surface area contributed by atoms with Crippen LogP contribution < -0.4 is 11.1 Å². The van der Waals surface area contributed by atoms with E-state index in [1.54, 1.807) is 13.1 Å². The van der Waals surface area contributed by atoms with Crippen LogP contribution in [0.25, 0.3) is 0 Å². The van der Waals surface area contributed by atoms with Crippen molar-refractivity contribution in [3.8, 4) is 0 Å². The lowest BCUT2D eigenvalue weighted by Crippen LogP contribution is -2.17. The van der Waals surface area contributed by atoms with E-state index in [0.29, 0.717) is 18.2 Å². The van der Waals surface area contributed by atoms with Crippen molar-refractivity contribution < 1.29 is 5.11 Å². The van der Waals surface area contributed by atoms with Crippen molar-refractivity contribution in [3.05, 3.63) is 12.4 Å². The fourth-order valence-corrected chi connectivity index (χ4v) is 0.729. The average Bonchev–Trinajstić information content (AvgIpc) is 2.03. The van der Waals surface area contributed by atoms with Crippen LogP contribution in [0.5, 0.6) is 0 Å². The molecule has 66 valence electrons. The number of aliphatic hydroxyl groups excluding tert-OH is 1. The summed E-state index contributed by atoms with van der Waals surface area (Å²) in [6.45, 7) is 2.10. The second-order valence-corrected chi connectivity index (χ2v) is 2.52. The summed E-state index contributed by atoms with van der Waals surface area (Å²) in [7, 11) is 0. The molecule has 1 rings (SSSR count). The Morgan fingerprint density at radius 2 is 2.25 bits per heavy atom. The third-order valence-corrected chi connectivity index (χ3v) is 1.29. The monoisotopic (exact) mass is 168 g/mol. The number of hydrogen-bond donors (Lipinski definition) is 3. The molecule has 0 saturated carbocycles. The van der Waals surface area contributed by atoms with Gasteiger partial charge in [0.15, 0.2) is 11.6 Å². The molecule has 5 nitrogen and oxygen atoms in total. The fourth-order valence-electron chi connectivity index (χ4n) is 0.729. The van der Waals surface area contributed by atoms with E-state index in [2.05, 4.69) is 15.3 Å².